The fourth-order valence-electron chi connectivity index (χ4n) is 1.15. The number of alkyl halides is 3. The summed E-state index contributed by atoms with van der Waals surface area (Å²) in [6.45, 7) is 2.16. The summed E-state index contributed by atoms with van der Waals surface area (Å²) in [7, 11) is 0. The van der Waals surface area contributed by atoms with Gasteiger partial charge in [0.25, 0.3) is 3.79 Å². The van der Waals surface area contributed by atoms with Gasteiger partial charge in [0, 0.05) is 0 Å². The van der Waals surface area contributed by atoms with E-state index in [1.807, 2.05) is 43.3 Å². The predicted molar refractivity (Wildman–Crippen MR) is 74.1 cm³/mol. The lowest BCUT2D eigenvalue weighted by Gasteiger charge is -2.12. The molecule has 17 heavy (non-hydrogen) atoms. The normalized spacial score (nSPS) is 12.4. The van der Waals surface area contributed by atoms with Crippen LogP contribution in [0.5, 0.6) is 0 Å². The van der Waals surface area contributed by atoms with Gasteiger partial charge < -0.3 is 4.74 Å². The lowest BCUT2D eigenvalue weighted by molar-refractivity contribution is 0.340. The highest BCUT2D eigenvalue weighted by molar-refractivity contribution is 6.76. The molecule has 0 fully saturated rings. The van der Waals surface area contributed by atoms with E-state index in [9.17, 15) is 0 Å². The standard InChI is InChI=1S/C12H12Cl3NO/c1-9(10-5-3-2-4-6-10)7-8-17-11(16)12(13,14)15/h2-7,16H,8H2,1H3. The maximum atomic E-state index is 7.34. The Kier molecular flexibility index (Phi) is 5.31. The molecule has 0 aliphatic heterocycles. The van der Waals surface area contributed by atoms with Crippen LogP contribution in [0.3, 0.4) is 0 Å². The SMILES string of the molecule is CC(=CCOC(=N)C(Cl)(Cl)Cl)c1ccccc1. The maximum Gasteiger partial charge on any atom is 0.265 e. The van der Waals surface area contributed by atoms with Crippen LogP contribution in [0.2, 0.25) is 0 Å². The second-order valence-electron chi connectivity index (χ2n) is 3.39. The van der Waals surface area contributed by atoms with Crippen molar-refractivity contribution in [2.75, 3.05) is 6.61 Å². The molecule has 0 saturated heterocycles. The van der Waals surface area contributed by atoms with Gasteiger partial charge in [-0.25, -0.2) is 0 Å². The third-order valence-electron chi connectivity index (χ3n) is 2.10. The molecule has 0 atom stereocenters. The molecule has 0 bridgehead atoms. The Morgan fingerprint density at radius 3 is 2.41 bits per heavy atom. The van der Waals surface area contributed by atoms with Crippen LogP contribution in [0, 0.1) is 5.41 Å². The Morgan fingerprint density at radius 2 is 1.88 bits per heavy atom. The molecule has 0 unspecified atom stereocenters. The number of hydrogen-bond donors (Lipinski definition) is 1. The largest absolute Gasteiger partial charge is 0.474 e. The lowest BCUT2D eigenvalue weighted by atomic mass is 10.1. The average Bonchev–Trinajstić information content (AvgIpc) is 2.28. The molecule has 0 aliphatic carbocycles. The van der Waals surface area contributed by atoms with Crippen LogP contribution in [0.15, 0.2) is 36.4 Å². The molecule has 0 saturated carbocycles. The van der Waals surface area contributed by atoms with Crippen LogP contribution >= 0.6 is 34.8 Å². The van der Waals surface area contributed by atoms with E-state index in [4.69, 9.17) is 44.9 Å². The van der Waals surface area contributed by atoms with Crippen LogP contribution in [-0.4, -0.2) is 16.3 Å². The third kappa shape index (κ3) is 4.99. The van der Waals surface area contributed by atoms with Crippen LogP contribution in [0.25, 0.3) is 5.57 Å². The van der Waals surface area contributed by atoms with Crippen molar-refractivity contribution in [3.8, 4) is 0 Å². The molecule has 1 rings (SSSR count). The number of hydrogen-bond acceptors (Lipinski definition) is 2. The second kappa shape index (κ2) is 6.29. The van der Waals surface area contributed by atoms with Crippen molar-refractivity contribution in [2.45, 2.75) is 10.7 Å². The molecule has 0 radical (unpaired) electrons. The quantitative estimate of drug-likeness (QED) is 0.498. The van der Waals surface area contributed by atoms with Gasteiger partial charge in [-0.3, -0.25) is 5.41 Å². The zero-order chi connectivity index (χ0) is 12.9. The van der Waals surface area contributed by atoms with Crippen LogP contribution in [0.1, 0.15) is 12.5 Å². The molecule has 0 aromatic heterocycles. The summed E-state index contributed by atoms with van der Waals surface area (Å²) in [5, 5.41) is 7.34. The van der Waals surface area contributed by atoms with E-state index < -0.39 is 3.79 Å². The number of halogens is 3. The van der Waals surface area contributed by atoms with Crippen molar-refractivity contribution in [1.29, 1.82) is 5.41 Å². The molecule has 0 amide bonds. The van der Waals surface area contributed by atoms with Crippen molar-refractivity contribution in [3.05, 3.63) is 42.0 Å². The Morgan fingerprint density at radius 1 is 1.29 bits per heavy atom. The van der Waals surface area contributed by atoms with E-state index in [1.54, 1.807) is 0 Å². The van der Waals surface area contributed by atoms with Crippen molar-refractivity contribution in [1.82, 2.24) is 0 Å². The highest BCUT2D eigenvalue weighted by Gasteiger charge is 2.28. The molecule has 0 spiro atoms. The monoisotopic (exact) mass is 291 g/mol. The van der Waals surface area contributed by atoms with E-state index >= 15 is 0 Å². The summed E-state index contributed by atoms with van der Waals surface area (Å²) < 4.78 is 3.21. The van der Waals surface area contributed by atoms with Crippen LogP contribution in [0.4, 0.5) is 0 Å². The summed E-state index contributed by atoms with van der Waals surface area (Å²) in [6.07, 6.45) is 1.83. The Bertz CT molecular complexity index is 410. The molecule has 2 nitrogen and oxygen atoms in total. The van der Waals surface area contributed by atoms with E-state index in [2.05, 4.69) is 0 Å². The van der Waals surface area contributed by atoms with Gasteiger partial charge in [-0.15, -0.1) is 0 Å². The first-order chi connectivity index (χ1) is 7.91. The number of benzene rings is 1. The van der Waals surface area contributed by atoms with Crippen molar-refractivity contribution < 1.29 is 4.74 Å². The van der Waals surface area contributed by atoms with E-state index in [-0.39, 0.29) is 12.5 Å². The highest BCUT2D eigenvalue weighted by atomic mass is 35.6. The Hall–Kier alpha value is -0.700. The zero-order valence-corrected chi connectivity index (χ0v) is 11.5. The zero-order valence-electron chi connectivity index (χ0n) is 9.21. The number of nitrogens with one attached hydrogen (secondary N) is 1. The second-order valence-corrected chi connectivity index (χ2v) is 5.67. The third-order valence-corrected chi connectivity index (χ3v) is 2.62. The minimum Gasteiger partial charge on any atom is -0.474 e. The predicted octanol–water partition coefficient (Wildman–Crippen LogP) is 4.45. The molecular formula is C12H12Cl3NO. The molecule has 5 heteroatoms. The fourth-order valence-corrected chi connectivity index (χ4v) is 1.31. The van der Waals surface area contributed by atoms with Crippen molar-refractivity contribution in [2.24, 2.45) is 0 Å². The number of rotatable bonds is 3. The van der Waals surface area contributed by atoms with Gasteiger partial charge in [0.2, 0.25) is 5.90 Å². The van der Waals surface area contributed by atoms with Gasteiger partial charge in [0.05, 0.1) is 0 Å². The first kappa shape index (κ1) is 14.4. The molecule has 1 N–H and O–H groups in total. The number of ether oxygens (including phenoxy) is 1. The molecule has 0 aliphatic rings. The fraction of sp³-hybridized carbons (Fsp3) is 0.250. The van der Waals surface area contributed by atoms with E-state index in [0.29, 0.717) is 0 Å². The van der Waals surface area contributed by atoms with E-state index in [1.165, 1.54) is 0 Å². The topological polar surface area (TPSA) is 33.1 Å². The Balaban J connectivity index is 2.53. The van der Waals surface area contributed by atoms with Gasteiger partial charge in [-0.2, -0.15) is 0 Å². The Labute approximate surface area is 116 Å². The van der Waals surface area contributed by atoms with Crippen molar-refractivity contribution in [3.63, 3.8) is 0 Å². The van der Waals surface area contributed by atoms with Gasteiger partial charge in [0.1, 0.15) is 6.61 Å². The summed E-state index contributed by atoms with van der Waals surface area (Å²) in [6, 6.07) is 9.85. The smallest absolute Gasteiger partial charge is 0.265 e. The van der Waals surface area contributed by atoms with Gasteiger partial charge >= 0.3 is 0 Å². The minimum absolute atomic E-state index is 0.202. The van der Waals surface area contributed by atoms with E-state index in [0.717, 1.165) is 11.1 Å². The first-order valence-corrected chi connectivity index (χ1v) is 6.05. The number of allylic oxidation sites excluding steroid dienone is 1. The summed E-state index contributed by atoms with van der Waals surface area (Å²) >= 11 is 16.4. The summed E-state index contributed by atoms with van der Waals surface area (Å²) in [5.41, 5.74) is 2.14. The van der Waals surface area contributed by atoms with Crippen LogP contribution in [-0.2, 0) is 4.74 Å². The average molecular weight is 293 g/mol. The molecule has 0 heterocycles. The van der Waals surface area contributed by atoms with Crippen molar-refractivity contribution >= 4 is 46.3 Å². The molecule has 1 aromatic rings. The van der Waals surface area contributed by atoms with Gasteiger partial charge in [0.15, 0.2) is 0 Å². The molecule has 92 valence electrons. The first-order valence-electron chi connectivity index (χ1n) is 4.92. The van der Waals surface area contributed by atoms with Crippen LogP contribution < -0.4 is 0 Å². The molecule has 1 aromatic carbocycles. The molecular weight excluding hydrogens is 280 g/mol. The summed E-state index contributed by atoms with van der Waals surface area (Å²) in [5.74, 6) is -0.375. The lowest BCUT2D eigenvalue weighted by Crippen LogP contribution is -2.21. The summed E-state index contributed by atoms with van der Waals surface area (Å²) in [4.78, 5) is 0. The maximum absolute atomic E-state index is 7.34. The van der Waals surface area contributed by atoms with Gasteiger partial charge in [-0.05, 0) is 24.1 Å². The minimum atomic E-state index is -1.80. The van der Waals surface area contributed by atoms with Gasteiger partial charge in [-0.1, -0.05) is 65.1 Å². The highest BCUT2D eigenvalue weighted by Crippen LogP contribution is 2.27.